The summed E-state index contributed by atoms with van der Waals surface area (Å²) in [5.74, 6) is 0.678. The minimum absolute atomic E-state index is 0.0714. The van der Waals surface area contributed by atoms with Gasteiger partial charge in [-0.2, -0.15) is 0 Å². The normalized spacial score (nSPS) is 10.6. The Hall–Kier alpha value is -1.26. The molecule has 1 aromatic carbocycles. The SMILES string of the molecule is CC(C)CCN(C)C(=O)CNNc1ccc(Cl)cc1. The molecule has 0 spiro atoms. The van der Waals surface area contributed by atoms with Gasteiger partial charge in [0.15, 0.2) is 0 Å². The van der Waals surface area contributed by atoms with Gasteiger partial charge in [0.1, 0.15) is 0 Å². The number of carbonyl (C=O) groups is 1. The van der Waals surface area contributed by atoms with Crippen molar-refractivity contribution in [3.8, 4) is 0 Å². The molecular formula is C14H22ClN3O. The van der Waals surface area contributed by atoms with E-state index in [4.69, 9.17) is 11.6 Å². The number of hydrogen-bond donors (Lipinski definition) is 2. The molecule has 0 unspecified atom stereocenters. The number of anilines is 1. The van der Waals surface area contributed by atoms with Crippen molar-refractivity contribution in [1.29, 1.82) is 0 Å². The summed E-state index contributed by atoms with van der Waals surface area (Å²) in [5, 5.41) is 0.690. The van der Waals surface area contributed by atoms with E-state index in [-0.39, 0.29) is 12.5 Å². The van der Waals surface area contributed by atoms with Crippen molar-refractivity contribution in [2.45, 2.75) is 20.3 Å². The molecule has 0 heterocycles. The number of benzene rings is 1. The van der Waals surface area contributed by atoms with E-state index in [0.29, 0.717) is 10.9 Å². The molecule has 4 nitrogen and oxygen atoms in total. The number of nitrogens with one attached hydrogen (secondary N) is 2. The maximum absolute atomic E-state index is 11.8. The molecule has 0 fully saturated rings. The molecule has 0 radical (unpaired) electrons. The first-order chi connectivity index (χ1) is 8.99. The van der Waals surface area contributed by atoms with Gasteiger partial charge in [0, 0.05) is 24.3 Å². The van der Waals surface area contributed by atoms with E-state index in [1.807, 2.05) is 19.2 Å². The van der Waals surface area contributed by atoms with Crippen molar-refractivity contribution in [1.82, 2.24) is 10.3 Å². The van der Waals surface area contributed by atoms with Crippen LogP contribution in [0.2, 0.25) is 5.02 Å². The van der Waals surface area contributed by atoms with Crippen LogP contribution in [0.3, 0.4) is 0 Å². The smallest absolute Gasteiger partial charge is 0.238 e. The Balaban J connectivity index is 2.24. The van der Waals surface area contributed by atoms with Crippen LogP contribution in [0.25, 0.3) is 0 Å². The Labute approximate surface area is 120 Å². The van der Waals surface area contributed by atoms with Gasteiger partial charge in [0.05, 0.1) is 6.54 Å². The van der Waals surface area contributed by atoms with E-state index < -0.39 is 0 Å². The lowest BCUT2D eigenvalue weighted by Crippen LogP contribution is -2.38. The number of rotatable bonds is 7. The summed E-state index contributed by atoms with van der Waals surface area (Å²) in [7, 11) is 1.83. The molecule has 1 rings (SSSR count). The molecule has 0 saturated heterocycles. The lowest BCUT2D eigenvalue weighted by molar-refractivity contribution is -0.128. The van der Waals surface area contributed by atoms with Gasteiger partial charge in [-0.25, -0.2) is 5.43 Å². The predicted octanol–water partition coefficient (Wildman–Crippen LogP) is 2.76. The Morgan fingerprint density at radius 1 is 1.32 bits per heavy atom. The highest BCUT2D eigenvalue weighted by Gasteiger charge is 2.08. The molecule has 0 aliphatic rings. The van der Waals surface area contributed by atoms with Gasteiger partial charge in [-0.3, -0.25) is 4.79 Å². The monoisotopic (exact) mass is 283 g/mol. The summed E-state index contributed by atoms with van der Waals surface area (Å²) < 4.78 is 0. The molecule has 0 aliphatic heterocycles. The Kier molecular flexibility index (Phi) is 6.67. The van der Waals surface area contributed by atoms with Crippen LogP contribution in [0.15, 0.2) is 24.3 Å². The van der Waals surface area contributed by atoms with Crippen molar-refractivity contribution in [3.05, 3.63) is 29.3 Å². The molecule has 0 atom stereocenters. The molecule has 1 amide bonds. The fourth-order valence-electron chi connectivity index (χ4n) is 1.47. The topological polar surface area (TPSA) is 44.4 Å². The molecular weight excluding hydrogens is 262 g/mol. The lowest BCUT2D eigenvalue weighted by atomic mass is 10.1. The second-order valence-electron chi connectivity index (χ2n) is 4.98. The molecule has 0 bridgehead atoms. The van der Waals surface area contributed by atoms with Crippen LogP contribution >= 0.6 is 11.6 Å². The predicted molar refractivity (Wildman–Crippen MR) is 80.2 cm³/mol. The minimum atomic E-state index is 0.0714. The molecule has 0 saturated carbocycles. The number of hydrazine groups is 1. The fraction of sp³-hybridized carbons (Fsp3) is 0.500. The van der Waals surface area contributed by atoms with Gasteiger partial charge in [0.25, 0.3) is 0 Å². The van der Waals surface area contributed by atoms with E-state index in [9.17, 15) is 4.79 Å². The number of amides is 1. The zero-order chi connectivity index (χ0) is 14.3. The Bertz CT molecular complexity index is 392. The van der Waals surface area contributed by atoms with Crippen LogP contribution < -0.4 is 10.9 Å². The van der Waals surface area contributed by atoms with Gasteiger partial charge < -0.3 is 10.3 Å². The average Bonchev–Trinajstić information content (AvgIpc) is 2.38. The van der Waals surface area contributed by atoms with Crippen LogP contribution in [0.5, 0.6) is 0 Å². The molecule has 2 N–H and O–H groups in total. The summed E-state index contributed by atoms with van der Waals surface area (Å²) in [6, 6.07) is 7.29. The van der Waals surface area contributed by atoms with Gasteiger partial charge in [0.2, 0.25) is 5.91 Å². The number of nitrogens with zero attached hydrogens (tertiary/aromatic N) is 1. The highest BCUT2D eigenvalue weighted by Crippen LogP contribution is 2.12. The molecule has 106 valence electrons. The van der Waals surface area contributed by atoms with Crippen molar-refractivity contribution < 1.29 is 4.79 Å². The molecule has 0 aromatic heterocycles. The zero-order valence-corrected chi connectivity index (χ0v) is 12.5. The summed E-state index contributed by atoms with van der Waals surface area (Å²) in [5.41, 5.74) is 6.75. The van der Waals surface area contributed by atoms with Crippen molar-refractivity contribution in [2.24, 2.45) is 5.92 Å². The summed E-state index contributed by atoms with van der Waals surface area (Å²) in [6.45, 7) is 5.35. The van der Waals surface area contributed by atoms with Crippen LogP contribution in [0, 0.1) is 5.92 Å². The van der Waals surface area contributed by atoms with Gasteiger partial charge in [-0.1, -0.05) is 25.4 Å². The summed E-state index contributed by atoms with van der Waals surface area (Å²) in [4.78, 5) is 13.5. The number of halogens is 1. The van der Waals surface area contributed by atoms with E-state index in [2.05, 4.69) is 24.7 Å². The van der Waals surface area contributed by atoms with E-state index in [1.54, 1.807) is 17.0 Å². The minimum Gasteiger partial charge on any atom is -0.345 e. The van der Waals surface area contributed by atoms with Crippen LogP contribution in [-0.2, 0) is 4.79 Å². The number of hydrogen-bond acceptors (Lipinski definition) is 3. The maximum atomic E-state index is 11.8. The fourth-order valence-corrected chi connectivity index (χ4v) is 1.59. The zero-order valence-electron chi connectivity index (χ0n) is 11.7. The maximum Gasteiger partial charge on any atom is 0.238 e. The second kappa shape index (κ2) is 8.02. The highest BCUT2D eigenvalue weighted by atomic mass is 35.5. The third-order valence-corrected chi connectivity index (χ3v) is 3.04. The molecule has 5 heteroatoms. The number of likely N-dealkylation sites (N-methyl/N-ethyl adjacent to an activating group) is 1. The van der Waals surface area contributed by atoms with E-state index >= 15 is 0 Å². The van der Waals surface area contributed by atoms with Crippen LogP contribution in [-0.4, -0.2) is 30.9 Å². The third-order valence-electron chi connectivity index (χ3n) is 2.78. The first-order valence-electron chi connectivity index (χ1n) is 6.47. The van der Waals surface area contributed by atoms with E-state index in [1.165, 1.54) is 0 Å². The molecule has 1 aromatic rings. The van der Waals surface area contributed by atoms with Crippen LogP contribution in [0.1, 0.15) is 20.3 Å². The first kappa shape index (κ1) is 15.8. The van der Waals surface area contributed by atoms with Crippen LogP contribution in [0.4, 0.5) is 5.69 Å². The Morgan fingerprint density at radius 3 is 2.53 bits per heavy atom. The highest BCUT2D eigenvalue weighted by molar-refractivity contribution is 6.30. The third kappa shape index (κ3) is 6.45. The van der Waals surface area contributed by atoms with E-state index in [0.717, 1.165) is 18.7 Å². The van der Waals surface area contributed by atoms with Crippen molar-refractivity contribution >= 4 is 23.2 Å². The quantitative estimate of drug-likeness (QED) is 0.757. The largest absolute Gasteiger partial charge is 0.345 e. The summed E-state index contributed by atoms with van der Waals surface area (Å²) >= 11 is 5.79. The van der Waals surface area contributed by atoms with Crippen molar-refractivity contribution in [2.75, 3.05) is 25.6 Å². The van der Waals surface area contributed by atoms with Crippen molar-refractivity contribution in [3.63, 3.8) is 0 Å². The molecule has 0 aliphatic carbocycles. The second-order valence-corrected chi connectivity index (χ2v) is 5.42. The standard InChI is InChI=1S/C14H22ClN3O/c1-11(2)8-9-18(3)14(19)10-16-17-13-6-4-12(15)5-7-13/h4-7,11,16-17H,8-10H2,1-3H3. The van der Waals surface area contributed by atoms with Gasteiger partial charge in [-0.05, 0) is 36.6 Å². The first-order valence-corrected chi connectivity index (χ1v) is 6.85. The lowest BCUT2D eigenvalue weighted by Gasteiger charge is -2.19. The van der Waals surface area contributed by atoms with Gasteiger partial charge in [-0.15, -0.1) is 0 Å². The molecule has 19 heavy (non-hydrogen) atoms. The van der Waals surface area contributed by atoms with Gasteiger partial charge >= 0.3 is 0 Å². The summed E-state index contributed by atoms with van der Waals surface area (Å²) in [6.07, 6.45) is 1.02. The Morgan fingerprint density at radius 2 is 1.95 bits per heavy atom. The average molecular weight is 284 g/mol. The number of carbonyl (C=O) groups excluding carboxylic acids is 1.